The smallest absolute Gasteiger partial charge is 0.00254 e. The molecular weight excluding hydrogens is 264 g/mol. The molecule has 0 fully saturated rings. The molecule has 0 N–H and O–H groups in total. The van der Waals surface area contributed by atoms with E-state index in [-0.39, 0.29) is 0 Å². The molecule has 0 radical (unpaired) electrons. The predicted molar refractivity (Wildman–Crippen MR) is 97.7 cm³/mol. The van der Waals surface area contributed by atoms with Gasteiger partial charge in [-0.25, -0.2) is 0 Å². The van der Waals surface area contributed by atoms with Gasteiger partial charge in [0, 0.05) is 0 Å². The molecule has 2 aromatic carbocycles. The van der Waals surface area contributed by atoms with Crippen LogP contribution >= 0.6 is 0 Å². The highest BCUT2D eigenvalue weighted by Crippen LogP contribution is 2.18. The van der Waals surface area contributed by atoms with Gasteiger partial charge in [-0.1, -0.05) is 79.3 Å². The topological polar surface area (TPSA) is 0 Å². The van der Waals surface area contributed by atoms with Crippen molar-refractivity contribution in [1.29, 1.82) is 0 Å². The second-order valence-corrected chi connectivity index (χ2v) is 6.81. The molecular formula is C22H30. The van der Waals surface area contributed by atoms with Crippen molar-refractivity contribution in [3.63, 3.8) is 0 Å². The Bertz CT molecular complexity index is 587. The van der Waals surface area contributed by atoms with E-state index >= 15 is 0 Å². The van der Waals surface area contributed by atoms with Crippen molar-refractivity contribution in [3.8, 4) is 0 Å². The Hall–Kier alpha value is -1.56. The summed E-state index contributed by atoms with van der Waals surface area (Å²) in [7, 11) is 0. The van der Waals surface area contributed by atoms with Crippen molar-refractivity contribution >= 4 is 0 Å². The summed E-state index contributed by atoms with van der Waals surface area (Å²) in [6, 6.07) is 14.0. The SMILES string of the molecule is CCCCCCc1cc(C)cc(Cc2cc(C)cc(C)c2)c1. The van der Waals surface area contributed by atoms with Crippen LogP contribution in [0.5, 0.6) is 0 Å². The maximum atomic E-state index is 2.41. The van der Waals surface area contributed by atoms with Crippen LogP contribution in [-0.2, 0) is 12.8 Å². The fraction of sp³-hybridized carbons (Fsp3) is 0.455. The van der Waals surface area contributed by atoms with Gasteiger partial charge in [0.05, 0.1) is 0 Å². The zero-order chi connectivity index (χ0) is 15.9. The van der Waals surface area contributed by atoms with Gasteiger partial charge in [-0.05, 0) is 56.7 Å². The van der Waals surface area contributed by atoms with Gasteiger partial charge >= 0.3 is 0 Å². The van der Waals surface area contributed by atoms with E-state index in [0.717, 1.165) is 6.42 Å². The minimum Gasteiger partial charge on any atom is -0.0654 e. The second kappa shape index (κ2) is 8.17. The summed E-state index contributed by atoms with van der Waals surface area (Å²) in [5.41, 5.74) is 8.52. The number of aryl methyl sites for hydroxylation is 4. The van der Waals surface area contributed by atoms with E-state index in [0.29, 0.717) is 0 Å². The highest BCUT2D eigenvalue weighted by molar-refractivity contribution is 5.36. The molecule has 0 bridgehead atoms. The molecule has 0 heteroatoms. The van der Waals surface area contributed by atoms with Crippen LogP contribution in [0.25, 0.3) is 0 Å². The lowest BCUT2D eigenvalue weighted by molar-refractivity contribution is 0.666. The molecule has 0 nitrogen and oxygen atoms in total. The fourth-order valence-corrected chi connectivity index (χ4v) is 3.36. The Kier molecular flexibility index (Phi) is 6.24. The summed E-state index contributed by atoms with van der Waals surface area (Å²) in [6.07, 6.45) is 7.62. The number of benzene rings is 2. The van der Waals surface area contributed by atoms with E-state index in [2.05, 4.69) is 64.1 Å². The van der Waals surface area contributed by atoms with Crippen LogP contribution < -0.4 is 0 Å². The summed E-state index contributed by atoms with van der Waals surface area (Å²) in [4.78, 5) is 0. The van der Waals surface area contributed by atoms with Crippen LogP contribution in [-0.4, -0.2) is 0 Å². The lowest BCUT2D eigenvalue weighted by Gasteiger charge is -2.09. The van der Waals surface area contributed by atoms with Crippen molar-refractivity contribution in [2.75, 3.05) is 0 Å². The zero-order valence-electron chi connectivity index (χ0n) is 14.7. The fourth-order valence-electron chi connectivity index (χ4n) is 3.36. The summed E-state index contributed by atoms with van der Waals surface area (Å²) < 4.78 is 0. The van der Waals surface area contributed by atoms with Crippen LogP contribution in [0, 0.1) is 20.8 Å². The Morgan fingerprint density at radius 2 is 1.14 bits per heavy atom. The van der Waals surface area contributed by atoms with E-state index in [1.54, 1.807) is 0 Å². The third-order valence-electron chi connectivity index (χ3n) is 4.21. The monoisotopic (exact) mass is 294 g/mol. The minimum absolute atomic E-state index is 1.05. The molecule has 22 heavy (non-hydrogen) atoms. The van der Waals surface area contributed by atoms with E-state index in [9.17, 15) is 0 Å². The van der Waals surface area contributed by atoms with E-state index in [4.69, 9.17) is 0 Å². The molecule has 0 aromatic heterocycles. The molecule has 2 aromatic rings. The van der Waals surface area contributed by atoms with Crippen LogP contribution in [0.2, 0.25) is 0 Å². The molecule has 0 saturated heterocycles. The number of rotatable bonds is 7. The summed E-state index contributed by atoms with van der Waals surface area (Å²) in [6.45, 7) is 8.87. The van der Waals surface area contributed by atoms with Crippen LogP contribution in [0.3, 0.4) is 0 Å². The maximum Gasteiger partial charge on any atom is -0.00254 e. The van der Waals surface area contributed by atoms with Gasteiger partial charge in [0.15, 0.2) is 0 Å². The first-order valence-corrected chi connectivity index (χ1v) is 8.73. The molecule has 0 heterocycles. The minimum atomic E-state index is 1.05. The van der Waals surface area contributed by atoms with Gasteiger partial charge in [0.2, 0.25) is 0 Å². The zero-order valence-corrected chi connectivity index (χ0v) is 14.7. The Balaban J connectivity index is 2.08. The van der Waals surface area contributed by atoms with Crippen LogP contribution in [0.1, 0.15) is 66.0 Å². The standard InChI is InChI=1S/C22H30/c1-5-6-7-8-9-20-11-19(4)14-22(15-20)16-21-12-17(2)10-18(3)13-21/h10-15H,5-9,16H2,1-4H3. The molecule has 0 aliphatic rings. The highest BCUT2D eigenvalue weighted by atomic mass is 14.1. The molecule has 0 saturated carbocycles. The van der Waals surface area contributed by atoms with Crippen molar-refractivity contribution in [3.05, 3.63) is 69.8 Å². The molecule has 0 atom stereocenters. The van der Waals surface area contributed by atoms with E-state index < -0.39 is 0 Å². The Morgan fingerprint density at radius 1 is 0.591 bits per heavy atom. The molecule has 0 unspecified atom stereocenters. The predicted octanol–water partition coefficient (Wildman–Crippen LogP) is 6.33. The molecule has 0 aliphatic heterocycles. The van der Waals surface area contributed by atoms with Gasteiger partial charge in [0.1, 0.15) is 0 Å². The normalized spacial score (nSPS) is 10.9. The largest absolute Gasteiger partial charge is 0.0654 e. The molecule has 2 rings (SSSR count). The van der Waals surface area contributed by atoms with Crippen molar-refractivity contribution < 1.29 is 0 Å². The van der Waals surface area contributed by atoms with Gasteiger partial charge in [-0.2, -0.15) is 0 Å². The van der Waals surface area contributed by atoms with E-state index in [1.165, 1.54) is 65.5 Å². The maximum absolute atomic E-state index is 2.41. The second-order valence-electron chi connectivity index (χ2n) is 6.81. The van der Waals surface area contributed by atoms with Crippen molar-refractivity contribution in [2.45, 2.75) is 66.2 Å². The lowest BCUT2D eigenvalue weighted by atomic mass is 9.96. The number of hydrogen-bond acceptors (Lipinski definition) is 0. The van der Waals surface area contributed by atoms with Gasteiger partial charge in [-0.3, -0.25) is 0 Å². The first-order valence-electron chi connectivity index (χ1n) is 8.73. The molecule has 118 valence electrons. The third-order valence-corrected chi connectivity index (χ3v) is 4.21. The van der Waals surface area contributed by atoms with Crippen molar-refractivity contribution in [1.82, 2.24) is 0 Å². The number of unbranched alkanes of at least 4 members (excludes halogenated alkanes) is 3. The highest BCUT2D eigenvalue weighted by Gasteiger charge is 2.02. The average molecular weight is 294 g/mol. The summed E-state index contributed by atoms with van der Waals surface area (Å²) in [5, 5.41) is 0. The molecule has 0 amide bonds. The Morgan fingerprint density at radius 3 is 1.77 bits per heavy atom. The van der Waals surface area contributed by atoms with Gasteiger partial charge in [0.25, 0.3) is 0 Å². The average Bonchev–Trinajstić information content (AvgIpc) is 2.42. The number of hydrogen-bond donors (Lipinski definition) is 0. The van der Waals surface area contributed by atoms with Crippen molar-refractivity contribution in [2.24, 2.45) is 0 Å². The lowest BCUT2D eigenvalue weighted by Crippen LogP contribution is -1.95. The Labute approximate surface area is 136 Å². The van der Waals surface area contributed by atoms with E-state index in [1.807, 2.05) is 0 Å². The molecule has 0 spiro atoms. The quantitative estimate of drug-likeness (QED) is 0.524. The van der Waals surface area contributed by atoms with Crippen LogP contribution in [0.15, 0.2) is 36.4 Å². The molecule has 0 aliphatic carbocycles. The third kappa shape index (κ3) is 5.33. The first kappa shape index (κ1) is 16.8. The summed E-state index contributed by atoms with van der Waals surface area (Å²) in [5.74, 6) is 0. The van der Waals surface area contributed by atoms with Gasteiger partial charge < -0.3 is 0 Å². The van der Waals surface area contributed by atoms with Crippen LogP contribution in [0.4, 0.5) is 0 Å². The summed E-state index contributed by atoms with van der Waals surface area (Å²) >= 11 is 0. The van der Waals surface area contributed by atoms with Gasteiger partial charge in [-0.15, -0.1) is 0 Å². The first-order chi connectivity index (χ1) is 10.6.